The number of nitrogens with one attached hydrogen (secondary N) is 4. The maximum absolute atomic E-state index is 12.4. The molecule has 0 aliphatic carbocycles. The van der Waals surface area contributed by atoms with E-state index in [-0.39, 0.29) is 37.8 Å². The van der Waals surface area contributed by atoms with E-state index in [0.717, 1.165) is 67.3 Å². The van der Waals surface area contributed by atoms with Gasteiger partial charge in [-0.2, -0.15) is 15.8 Å². The summed E-state index contributed by atoms with van der Waals surface area (Å²) in [7, 11) is 8.09. The number of hydrogen-bond acceptors (Lipinski definition) is 18. The smallest absolute Gasteiger partial charge is 0.419 e. The number of ether oxygens (including phenoxy) is 2. The van der Waals surface area contributed by atoms with E-state index in [1.807, 2.05) is 57.0 Å². The molecule has 125 heavy (non-hydrogen) atoms. The van der Waals surface area contributed by atoms with Crippen LogP contribution in [0.1, 0.15) is 96.3 Å². The van der Waals surface area contributed by atoms with Gasteiger partial charge >= 0.3 is 12.2 Å². The number of nitrogens with two attached hydrogens (primary N) is 2. The molecular formula is C88H101BrCl8IN21O4Si2. The van der Waals surface area contributed by atoms with Crippen molar-refractivity contribution in [2.24, 2.45) is 0 Å². The molecule has 8 N–H and O–H groups in total. The predicted molar refractivity (Wildman–Crippen MR) is 518 cm³/mol. The van der Waals surface area contributed by atoms with Gasteiger partial charge in [0, 0.05) is 116 Å². The fourth-order valence-electron chi connectivity index (χ4n) is 10.5. The number of hydrogen-bond donors (Lipinski definition) is 6. The summed E-state index contributed by atoms with van der Waals surface area (Å²) in [4.78, 5) is 72.3. The quantitative estimate of drug-likeness (QED) is 0.0284. The van der Waals surface area contributed by atoms with Crippen LogP contribution in [0.4, 0.5) is 21.0 Å². The van der Waals surface area contributed by atoms with Crippen molar-refractivity contribution in [2.45, 2.75) is 145 Å². The minimum Gasteiger partial charge on any atom is -1.00 e. The van der Waals surface area contributed by atoms with Crippen molar-refractivity contribution < 1.29 is 47.5 Å². The molecule has 0 fully saturated rings. The van der Waals surface area contributed by atoms with E-state index >= 15 is 0 Å². The normalized spacial score (nSPS) is 11.0. The number of halogens is 10. The number of fused-ring (bicyclic) bond motifs is 6. The first-order valence-corrected chi connectivity index (χ1v) is 48.4. The highest BCUT2D eigenvalue weighted by Crippen LogP contribution is 2.34. The summed E-state index contributed by atoms with van der Waals surface area (Å²) in [5.74, 6) is 3.00. The Kier molecular flexibility index (Phi) is 41.3. The lowest BCUT2D eigenvalue weighted by atomic mass is 9.87. The molecule has 0 atom stereocenters. The first-order chi connectivity index (χ1) is 57.3. The summed E-state index contributed by atoms with van der Waals surface area (Å²) in [6.45, 7) is 29.1. The molecule has 660 valence electrons. The molecule has 14 aromatic heterocycles. The lowest BCUT2D eigenvalue weighted by molar-refractivity contribution is -0.883. The Morgan fingerprint density at radius 1 is 0.528 bits per heavy atom. The number of carbonyl (C=O) groups excluding carboxylic acids is 2. The van der Waals surface area contributed by atoms with Crippen LogP contribution in [0, 0.1) is 57.4 Å². The minimum atomic E-state index is -1.37. The van der Waals surface area contributed by atoms with Crippen molar-refractivity contribution in [3.63, 3.8) is 0 Å². The molecule has 0 aliphatic heterocycles. The van der Waals surface area contributed by atoms with Crippen LogP contribution in [0.3, 0.4) is 0 Å². The van der Waals surface area contributed by atoms with Gasteiger partial charge in [-0.05, 0) is 140 Å². The third-order valence-electron chi connectivity index (χ3n) is 15.8. The summed E-state index contributed by atoms with van der Waals surface area (Å²) < 4.78 is 14.9. The van der Waals surface area contributed by atoms with Crippen LogP contribution in [-0.4, -0.2) is 153 Å². The van der Waals surface area contributed by atoms with E-state index in [1.54, 1.807) is 135 Å². The fourth-order valence-corrected chi connectivity index (χ4v) is 12.4. The minimum absolute atomic E-state index is 0. The SMILES string of the molecule is C.C#C[Si](C)(C)C.CC(C)(C)OC(=O)n1cc(C(C)(C)C#N)c2ncc(Cl)cc21.CC(C)(C)OC(=O)n1cc(CC#N)c2ncc(Cl)cc21.CN(C)Cc1c[nH]c2cc(Cl)cnc12.C[N+](C)(C)Cc1c[nH]c2cc(Cl)cnc12.C[Si](C)(C)C#Cc1ncc(Cl)cc1N.Clc1cnc2cc[nH]c2c1.N#CCc1c[nH]c2cc(Cl)cnc12.Nc1cc(Cl)cnc1Br.[I-]. The lowest BCUT2D eigenvalue weighted by Gasteiger charge is -2.23. The van der Waals surface area contributed by atoms with Gasteiger partial charge in [0.05, 0.1) is 181 Å². The number of nitriles is 3. The molecule has 37 heteroatoms. The zero-order chi connectivity index (χ0) is 91.9. The summed E-state index contributed by atoms with van der Waals surface area (Å²) in [5.41, 5.74) is 31.3. The molecule has 0 spiro atoms. The Bertz CT molecular complexity index is 6270. The molecule has 0 aromatic carbocycles. The van der Waals surface area contributed by atoms with Crippen molar-refractivity contribution in [2.75, 3.05) is 46.7 Å². The van der Waals surface area contributed by atoms with Gasteiger partial charge in [-0.1, -0.05) is 145 Å². The van der Waals surface area contributed by atoms with E-state index in [2.05, 4.69) is 176 Å². The van der Waals surface area contributed by atoms with Gasteiger partial charge in [-0.25, -0.2) is 19.6 Å². The predicted octanol–water partition coefficient (Wildman–Crippen LogP) is 20.8. The number of nitrogens with zero attached hydrogens (tertiary/aromatic N) is 15. The van der Waals surface area contributed by atoms with Crippen molar-refractivity contribution in [3.8, 4) is 41.6 Å². The van der Waals surface area contributed by atoms with Crippen molar-refractivity contribution >= 4 is 215 Å². The highest BCUT2D eigenvalue weighted by Gasteiger charge is 2.30. The van der Waals surface area contributed by atoms with Gasteiger partial charge < -0.3 is 74.2 Å². The second-order valence-electron chi connectivity index (χ2n) is 33.2. The molecule has 14 heterocycles. The van der Waals surface area contributed by atoms with Crippen LogP contribution >= 0.6 is 109 Å². The number of terminal acetylenes is 1. The molecule has 25 nitrogen and oxygen atoms in total. The third-order valence-corrected chi connectivity index (χ3v) is 19.9. The second kappa shape index (κ2) is 47.9. The van der Waals surface area contributed by atoms with Gasteiger partial charge in [-0.3, -0.25) is 39.0 Å². The largest absolute Gasteiger partial charge is 1.00 e. The molecule has 0 aliphatic rings. The first kappa shape index (κ1) is 108. The standard InChI is InChI=1S/C16H18ClN3O2.C14H14ClN3O2.C11H15ClN3.C10H12ClN3.C10H13ClN2Si.C9H6ClN3.C7H5ClN2.C5H4BrClN2.C5H10Si.CH4.HI/c1-15(2,3)22-14(21)20-8-11(16(4,5)9-18)13-12(20)6-10(17)7-19-13;1-14(2,3)20-13(19)18-8-9(4-5-16)12-11(18)6-10(15)7-17-12;1-15(2,3)7-8-5-13-10-4-9(12)6-14-11(8)10;1-14(2)6-7-4-12-9-3-8(11)5-13-10(7)9;1-14(2,3)5-4-10-9(12)6-8(11)7-13-10;10-7-3-8-9(13-5-7)6(1-2-11)4-12-8;8-5-3-7-6(10-4-5)1-2-9-7;6-5-4(8)1-3(7)2-9-5;1-5-6(2,3)4;;/h6-8H,1-5H3;6-8H,4H2,1-3H3;4-6,13H,7H2,1-3H3;3-5,12H,6H2,1-2H3;6-7H,12H2,1-3H3;3-5,12H,1H2;1-4,9H;1-2H,8H2;1H,2-4H3;1H4;1H/q;;+1;;;;;;;;/p-1. The molecule has 0 unspecified atom stereocenters. The number of aromatic amines is 4. The molecule has 0 saturated heterocycles. The number of H-pyrrole nitrogens is 4. The van der Waals surface area contributed by atoms with Crippen LogP contribution in [-0.2, 0) is 40.8 Å². The highest BCUT2D eigenvalue weighted by atomic mass is 127. The van der Waals surface area contributed by atoms with Crippen LogP contribution in [0.5, 0.6) is 0 Å². The van der Waals surface area contributed by atoms with Gasteiger partial charge in [0.15, 0.2) is 0 Å². The lowest BCUT2D eigenvalue weighted by Crippen LogP contribution is -3.00. The molecule has 0 amide bonds. The van der Waals surface area contributed by atoms with Crippen LogP contribution < -0.4 is 35.4 Å². The number of anilines is 2. The molecule has 14 aromatic rings. The Hall–Kier alpha value is -9.55. The summed E-state index contributed by atoms with van der Waals surface area (Å²) >= 11 is 49.5. The second-order valence-corrected chi connectivity index (χ2v) is 47.0. The Morgan fingerprint density at radius 2 is 0.912 bits per heavy atom. The Morgan fingerprint density at radius 3 is 1.34 bits per heavy atom. The number of nitrogen functional groups attached to an aromatic ring is 2. The van der Waals surface area contributed by atoms with E-state index < -0.39 is 45.0 Å². The number of carbonyl (C=O) groups is 2. The first-order valence-electron chi connectivity index (χ1n) is 37.6. The van der Waals surface area contributed by atoms with Crippen molar-refractivity contribution in [3.05, 3.63) is 220 Å². The molecule has 14 rings (SSSR count). The third kappa shape index (κ3) is 35.3. The number of rotatable bonds is 7. The number of quaternary nitrogens is 1. The average molecular weight is 2060 g/mol. The number of pyridine rings is 8. The summed E-state index contributed by atoms with van der Waals surface area (Å²) in [5, 5.41) is 31.3. The van der Waals surface area contributed by atoms with Crippen LogP contribution in [0.15, 0.2) is 146 Å². The molecule has 0 bridgehead atoms. The van der Waals surface area contributed by atoms with E-state index in [9.17, 15) is 14.9 Å². The molecule has 0 saturated carbocycles. The van der Waals surface area contributed by atoms with Crippen LogP contribution in [0.2, 0.25) is 79.5 Å². The summed E-state index contributed by atoms with van der Waals surface area (Å²) in [6.07, 6.45) is 28.1. The van der Waals surface area contributed by atoms with Crippen LogP contribution in [0.25, 0.3) is 66.2 Å². The van der Waals surface area contributed by atoms with E-state index in [1.165, 1.54) is 38.9 Å². The zero-order valence-corrected chi connectivity index (χ0v) is 83.8. The average Bonchev–Trinajstić information content (AvgIpc) is 1.62. The monoisotopic (exact) mass is 2060 g/mol. The van der Waals surface area contributed by atoms with Gasteiger partial charge in [0.25, 0.3) is 0 Å². The number of aromatic nitrogens is 14. The zero-order valence-electron chi connectivity index (χ0n) is 72.0. The van der Waals surface area contributed by atoms with Gasteiger partial charge in [-0.15, -0.1) is 17.5 Å². The molecule has 0 radical (unpaired) electrons. The highest BCUT2D eigenvalue weighted by molar-refractivity contribution is 9.10. The van der Waals surface area contributed by atoms with E-state index in [0.29, 0.717) is 101 Å². The fraction of sp³-hybridized carbons (Fsp3) is 0.307. The topological polar surface area (TPSA) is 355 Å². The van der Waals surface area contributed by atoms with Crippen molar-refractivity contribution in [1.82, 2.24) is 73.8 Å². The van der Waals surface area contributed by atoms with Gasteiger partial charge in [0.1, 0.15) is 44.2 Å². The summed E-state index contributed by atoms with van der Waals surface area (Å²) in [6, 6.07) is 22.3. The maximum Gasteiger partial charge on any atom is 0.419 e. The molecular weight excluding hydrogens is 1960 g/mol. The Labute approximate surface area is 797 Å². The maximum atomic E-state index is 12.4. The Balaban J connectivity index is 0.000000300. The van der Waals surface area contributed by atoms with Gasteiger partial charge in [0.2, 0.25) is 0 Å². The van der Waals surface area contributed by atoms with E-state index in [4.69, 9.17) is 131 Å². The van der Waals surface area contributed by atoms with Crippen molar-refractivity contribution in [1.29, 1.82) is 15.8 Å².